The maximum atomic E-state index is 12.3. The highest BCUT2D eigenvalue weighted by molar-refractivity contribution is 5.95. The van der Waals surface area contributed by atoms with Gasteiger partial charge in [0.25, 0.3) is 11.5 Å². The molecule has 8 heteroatoms. The zero-order valence-corrected chi connectivity index (χ0v) is 14.0. The molecule has 0 atom stereocenters. The summed E-state index contributed by atoms with van der Waals surface area (Å²) in [5, 5.41) is 3.14. The highest BCUT2D eigenvalue weighted by Gasteiger charge is 2.08. The van der Waals surface area contributed by atoms with Crippen LogP contribution < -0.4 is 21.7 Å². The predicted octanol–water partition coefficient (Wildman–Crippen LogP) is 1.32. The monoisotopic (exact) mass is 351 g/mol. The Morgan fingerprint density at radius 1 is 1.12 bits per heavy atom. The van der Waals surface area contributed by atoms with Crippen molar-refractivity contribution >= 4 is 28.7 Å². The van der Waals surface area contributed by atoms with Gasteiger partial charge in [0.1, 0.15) is 0 Å². The van der Waals surface area contributed by atoms with Crippen LogP contribution in [0.4, 0.5) is 5.95 Å². The lowest BCUT2D eigenvalue weighted by atomic mass is 10.1. The number of nitrogens with one attached hydrogen (secondary N) is 4. The van der Waals surface area contributed by atoms with Crippen molar-refractivity contribution < 1.29 is 9.59 Å². The predicted molar refractivity (Wildman–Crippen MR) is 97.4 cm³/mol. The van der Waals surface area contributed by atoms with Crippen LogP contribution in [0, 0.1) is 0 Å². The van der Waals surface area contributed by atoms with Gasteiger partial charge in [-0.25, -0.2) is 4.98 Å². The van der Waals surface area contributed by atoms with E-state index in [2.05, 4.69) is 26.1 Å². The number of carbonyl (C=O) groups excluding carboxylic acids is 2. The lowest BCUT2D eigenvalue weighted by molar-refractivity contribution is -0.119. The zero-order chi connectivity index (χ0) is 18.5. The topological polar surface area (TPSA) is 116 Å². The third kappa shape index (κ3) is 4.04. The van der Waals surface area contributed by atoms with Crippen molar-refractivity contribution in [1.82, 2.24) is 20.7 Å². The number of H-pyrrole nitrogens is 1. The minimum atomic E-state index is -0.398. The molecule has 0 bridgehead atoms. The lowest BCUT2D eigenvalue weighted by Crippen LogP contribution is -2.31. The number of hydrazine groups is 1. The van der Waals surface area contributed by atoms with E-state index in [0.29, 0.717) is 23.0 Å². The maximum absolute atomic E-state index is 12.3. The molecule has 0 aliphatic rings. The molecule has 26 heavy (non-hydrogen) atoms. The summed E-state index contributed by atoms with van der Waals surface area (Å²) in [6.07, 6.45) is 0. The number of aromatic nitrogens is 2. The number of fused-ring (bicyclic) bond motifs is 1. The highest BCUT2D eigenvalue weighted by Crippen LogP contribution is 2.08. The van der Waals surface area contributed by atoms with Gasteiger partial charge in [-0.15, -0.1) is 0 Å². The molecule has 2 amide bonds. The number of amides is 2. The number of aromatic amines is 1. The van der Waals surface area contributed by atoms with Crippen LogP contribution in [0.1, 0.15) is 22.8 Å². The SMILES string of the molecule is CC(=O)NCc1cccc(C(=O)NNc2nc3ccccc3c(=O)[nH]2)c1. The van der Waals surface area contributed by atoms with Crippen LogP contribution >= 0.6 is 0 Å². The molecule has 0 aliphatic carbocycles. The van der Waals surface area contributed by atoms with E-state index in [9.17, 15) is 14.4 Å². The molecular formula is C18H17N5O3. The van der Waals surface area contributed by atoms with Gasteiger partial charge in [0.2, 0.25) is 11.9 Å². The van der Waals surface area contributed by atoms with Crippen molar-refractivity contribution in [2.45, 2.75) is 13.5 Å². The van der Waals surface area contributed by atoms with Crippen LogP contribution in [0.5, 0.6) is 0 Å². The maximum Gasteiger partial charge on any atom is 0.269 e. The molecule has 1 aromatic heterocycles. The van der Waals surface area contributed by atoms with E-state index in [1.807, 2.05) is 6.07 Å². The molecule has 0 unspecified atom stereocenters. The molecule has 8 nitrogen and oxygen atoms in total. The third-order valence-corrected chi connectivity index (χ3v) is 3.64. The van der Waals surface area contributed by atoms with Crippen LogP contribution in [0.2, 0.25) is 0 Å². The van der Waals surface area contributed by atoms with E-state index in [0.717, 1.165) is 5.56 Å². The van der Waals surface area contributed by atoms with Gasteiger partial charge in [-0.3, -0.25) is 30.2 Å². The lowest BCUT2D eigenvalue weighted by Gasteiger charge is -2.09. The first kappa shape index (κ1) is 17.2. The van der Waals surface area contributed by atoms with Gasteiger partial charge in [0.05, 0.1) is 10.9 Å². The average molecular weight is 351 g/mol. The molecule has 1 heterocycles. The fourth-order valence-electron chi connectivity index (χ4n) is 2.38. The molecule has 3 rings (SSSR count). The molecule has 3 aromatic rings. The number of anilines is 1. The van der Waals surface area contributed by atoms with Crippen molar-refractivity contribution in [3.8, 4) is 0 Å². The Hall–Kier alpha value is -3.68. The first-order chi connectivity index (χ1) is 12.5. The first-order valence-corrected chi connectivity index (χ1v) is 7.92. The normalized spacial score (nSPS) is 10.3. The summed E-state index contributed by atoms with van der Waals surface area (Å²) in [5.74, 6) is -0.408. The molecule has 0 aliphatic heterocycles. The number of benzene rings is 2. The summed E-state index contributed by atoms with van der Waals surface area (Å²) in [6.45, 7) is 1.77. The minimum absolute atomic E-state index is 0.136. The first-order valence-electron chi connectivity index (χ1n) is 7.92. The van der Waals surface area contributed by atoms with Crippen LogP contribution in [0.25, 0.3) is 10.9 Å². The smallest absolute Gasteiger partial charge is 0.269 e. The molecule has 0 fully saturated rings. The summed E-state index contributed by atoms with van der Waals surface area (Å²) < 4.78 is 0. The molecular weight excluding hydrogens is 334 g/mol. The molecule has 0 spiro atoms. The van der Waals surface area contributed by atoms with Crippen LogP contribution in [0.15, 0.2) is 53.3 Å². The van der Waals surface area contributed by atoms with Crippen molar-refractivity contribution in [3.05, 3.63) is 70.0 Å². The van der Waals surface area contributed by atoms with Gasteiger partial charge < -0.3 is 5.32 Å². The van der Waals surface area contributed by atoms with E-state index in [1.165, 1.54) is 6.92 Å². The second-order valence-corrected chi connectivity index (χ2v) is 5.62. The van der Waals surface area contributed by atoms with Crippen LogP contribution in [-0.2, 0) is 11.3 Å². The number of rotatable bonds is 5. The number of para-hydroxylation sites is 1. The summed E-state index contributed by atoms with van der Waals surface area (Å²) in [6, 6.07) is 13.8. The standard InChI is InChI=1S/C18H17N5O3/c1-11(24)19-10-12-5-4-6-13(9-12)16(25)22-23-18-20-15-8-3-2-7-14(15)17(26)21-18/h2-9H,10H2,1H3,(H,19,24)(H,22,25)(H2,20,21,23,26). The van der Waals surface area contributed by atoms with Gasteiger partial charge in [-0.2, -0.15) is 0 Å². The fourth-order valence-corrected chi connectivity index (χ4v) is 2.38. The second kappa shape index (κ2) is 7.47. The summed E-state index contributed by atoms with van der Waals surface area (Å²) in [7, 11) is 0. The Morgan fingerprint density at radius 3 is 2.73 bits per heavy atom. The fraction of sp³-hybridized carbons (Fsp3) is 0.111. The Balaban J connectivity index is 1.70. The van der Waals surface area contributed by atoms with Gasteiger partial charge in [0.15, 0.2) is 0 Å². The molecule has 4 N–H and O–H groups in total. The zero-order valence-electron chi connectivity index (χ0n) is 14.0. The quantitative estimate of drug-likeness (QED) is 0.517. The number of nitrogens with zero attached hydrogens (tertiary/aromatic N) is 1. The van der Waals surface area contributed by atoms with Crippen molar-refractivity contribution in [3.63, 3.8) is 0 Å². The molecule has 0 radical (unpaired) electrons. The highest BCUT2D eigenvalue weighted by atomic mass is 16.2. The van der Waals surface area contributed by atoms with E-state index < -0.39 is 5.91 Å². The summed E-state index contributed by atoms with van der Waals surface area (Å²) in [5.41, 5.74) is 6.52. The van der Waals surface area contributed by atoms with E-state index in [4.69, 9.17) is 0 Å². The van der Waals surface area contributed by atoms with Gasteiger partial charge >= 0.3 is 0 Å². The van der Waals surface area contributed by atoms with Crippen LogP contribution in [0.3, 0.4) is 0 Å². The number of hydrogen-bond acceptors (Lipinski definition) is 5. The van der Waals surface area contributed by atoms with Gasteiger partial charge in [0, 0.05) is 19.0 Å². The Labute approximate surface area is 148 Å². The average Bonchev–Trinajstić information content (AvgIpc) is 2.65. The van der Waals surface area contributed by atoms with Crippen molar-refractivity contribution in [1.29, 1.82) is 0 Å². The molecule has 0 saturated carbocycles. The largest absolute Gasteiger partial charge is 0.352 e. The third-order valence-electron chi connectivity index (χ3n) is 3.64. The Morgan fingerprint density at radius 2 is 1.92 bits per heavy atom. The van der Waals surface area contributed by atoms with E-state index in [-0.39, 0.29) is 17.4 Å². The second-order valence-electron chi connectivity index (χ2n) is 5.62. The summed E-state index contributed by atoms with van der Waals surface area (Å²) >= 11 is 0. The Bertz CT molecular complexity index is 1030. The Kier molecular flexibility index (Phi) is 4.93. The summed E-state index contributed by atoms with van der Waals surface area (Å²) in [4.78, 5) is 42.1. The number of carbonyl (C=O) groups is 2. The van der Waals surface area contributed by atoms with Crippen LogP contribution in [-0.4, -0.2) is 21.8 Å². The minimum Gasteiger partial charge on any atom is -0.352 e. The molecule has 0 saturated heterocycles. The molecule has 132 valence electrons. The van der Waals surface area contributed by atoms with E-state index >= 15 is 0 Å². The van der Waals surface area contributed by atoms with Crippen molar-refractivity contribution in [2.24, 2.45) is 0 Å². The van der Waals surface area contributed by atoms with Crippen molar-refractivity contribution in [2.75, 3.05) is 5.43 Å². The molecule has 2 aromatic carbocycles. The number of hydrogen-bond donors (Lipinski definition) is 4. The van der Waals surface area contributed by atoms with Gasteiger partial charge in [-0.1, -0.05) is 24.3 Å². The van der Waals surface area contributed by atoms with Gasteiger partial charge in [-0.05, 0) is 29.8 Å². The van der Waals surface area contributed by atoms with E-state index in [1.54, 1.807) is 42.5 Å².